The number of hydrogen-bond acceptors (Lipinski definition) is 4. The van der Waals surface area contributed by atoms with Gasteiger partial charge in [-0.2, -0.15) is 0 Å². The van der Waals surface area contributed by atoms with Crippen molar-refractivity contribution in [2.75, 3.05) is 0 Å². The molecule has 0 N–H and O–H groups in total. The number of fused-ring (bicyclic) bond motifs is 3. The molecule has 5 heteroatoms. The van der Waals surface area contributed by atoms with Crippen LogP contribution >= 0.6 is 0 Å². The third kappa shape index (κ3) is 2.73. The molecular weight excluding hydrogens is 518 g/mol. The molecule has 0 saturated carbocycles. The number of nitrogens with zero attached hydrogens (tertiary/aromatic N) is 3. The van der Waals surface area contributed by atoms with E-state index in [1.54, 1.807) is 24.8 Å². The zero-order chi connectivity index (χ0) is 28.3. The van der Waals surface area contributed by atoms with Crippen molar-refractivity contribution in [1.29, 1.82) is 0 Å². The topological polar surface area (TPSA) is 64.8 Å². The van der Waals surface area contributed by atoms with Gasteiger partial charge in [0, 0.05) is 30.8 Å². The normalized spacial score (nSPS) is 12.6. The summed E-state index contributed by atoms with van der Waals surface area (Å²) in [6.45, 7) is 4.09. The molecule has 3 aromatic heterocycles. The first-order valence-corrected chi connectivity index (χ1v) is 14.6. The molecule has 9 rings (SSSR count). The number of benzene rings is 5. The smallest absolute Gasteiger partial charge is 0.262 e. The lowest BCUT2D eigenvalue weighted by Gasteiger charge is -2.12. The Balaban J connectivity index is 1.64. The molecule has 0 spiro atoms. The molecular formula is C37H25N3O2. The van der Waals surface area contributed by atoms with Crippen LogP contribution in [0.1, 0.15) is 32.7 Å². The van der Waals surface area contributed by atoms with Crippen molar-refractivity contribution in [1.82, 2.24) is 14.5 Å². The SMILES string of the molecule is CCC(CC)n1c(=O)c2c3cc(-c4ccncc4)c4ccc5ccc6c(-c7ccncc7)cc(c2c1=O)c1c6c5c4c31. The van der Waals surface area contributed by atoms with E-state index in [1.165, 1.54) is 20.7 Å². The molecule has 0 amide bonds. The van der Waals surface area contributed by atoms with Crippen molar-refractivity contribution in [3.05, 3.63) is 106 Å². The van der Waals surface area contributed by atoms with Gasteiger partial charge in [0.15, 0.2) is 0 Å². The largest absolute Gasteiger partial charge is 0.271 e. The van der Waals surface area contributed by atoms with Gasteiger partial charge >= 0.3 is 0 Å². The van der Waals surface area contributed by atoms with Crippen molar-refractivity contribution in [3.63, 3.8) is 0 Å². The predicted octanol–water partition coefficient (Wildman–Crippen LogP) is 8.36. The molecule has 0 bridgehead atoms. The summed E-state index contributed by atoms with van der Waals surface area (Å²) in [4.78, 5) is 37.3. The molecule has 0 unspecified atom stereocenters. The molecule has 0 radical (unpaired) electrons. The Morgan fingerprint density at radius 1 is 0.548 bits per heavy atom. The second-order valence-electron chi connectivity index (χ2n) is 11.4. The lowest BCUT2D eigenvalue weighted by Crippen LogP contribution is -2.29. The average molecular weight is 544 g/mol. The Bertz CT molecular complexity index is 2400. The third-order valence-corrected chi connectivity index (χ3v) is 9.58. The fraction of sp³-hybridized carbons (Fsp3) is 0.135. The van der Waals surface area contributed by atoms with Gasteiger partial charge in [-0.1, -0.05) is 38.1 Å². The summed E-state index contributed by atoms with van der Waals surface area (Å²) >= 11 is 0. The van der Waals surface area contributed by atoms with Crippen LogP contribution in [0.25, 0.3) is 86.9 Å². The molecule has 0 aliphatic carbocycles. The van der Waals surface area contributed by atoms with Crippen LogP contribution in [-0.2, 0) is 0 Å². The highest BCUT2D eigenvalue weighted by atomic mass is 16.2. The summed E-state index contributed by atoms with van der Waals surface area (Å²) in [5.74, 6) is 0. The maximum absolute atomic E-state index is 14.4. The third-order valence-electron chi connectivity index (χ3n) is 9.58. The quantitative estimate of drug-likeness (QED) is 0.205. The number of hydrogen-bond donors (Lipinski definition) is 0. The van der Waals surface area contributed by atoms with E-state index in [1.807, 2.05) is 38.1 Å². The standard InChI is InChI=1S/C37H25N3O2/c1-3-22(4-2)40-36(41)34-27-17-25(19-9-13-38-14-10-19)23-7-5-21-6-8-24-26(20-11-15-39-16-12-20)18-28(35(34)37(40)42)33-31(24)29(21)30(23)32(27)33/h5-18,22H,3-4H2,1-2H3. The second-order valence-corrected chi connectivity index (χ2v) is 11.4. The van der Waals surface area contributed by atoms with Gasteiger partial charge in [0.2, 0.25) is 0 Å². The fourth-order valence-corrected chi connectivity index (χ4v) is 7.73. The van der Waals surface area contributed by atoms with Crippen molar-refractivity contribution in [2.45, 2.75) is 32.7 Å². The van der Waals surface area contributed by atoms with Crippen LogP contribution in [-0.4, -0.2) is 14.5 Å². The molecule has 3 heterocycles. The van der Waals surface area contributed by atoms with E-state index < -0.39 is 0 Å². The van der Waals surface area contributed by atoms with Crippen LogP contribution < -0.4 is 11.1 Å². The van der Waals surface area contributed by atoms with E-state index >= 15 is 0 Å². The molecule has 200 valence electrons. The summed E-state index contributed by atoms with van der Waals surface area (Å²) in [6.07, 6.45) is 8.65. The van der Waals surface area contributed by atoms with E-state index in [-0.39, 0.29) is 17.2 Å². The summed E-state index contributed by atoms with van der Waals surface area (Å²) < 4.78 is 1.53. The van der Waals surface area contributed by atoms with Crippen LogP contribution in [0.3, 0.4) is 0 Å². The van der Waals surface area contributed by atoms with Gasteiger partial charge in [0.25, 0.3) is 11.1 Å². The maximum atomic E-state index is 14.4. The van der Waals surface area contributed by atoms with E-state index in [2.05, 4.69) is 46.4 Å². The van der Waals surface area contributed by atoms with E-state index in [9.17, 15) is 9.59 Å². The molecule has 5 nitrogen and oxygen atoms in total. The second kappa shape index (κ2) is 8.20. The highest BCUT2D eigenvalue weighted by Crippen LogP contribution is 2.53. The molecule has 0 fully saturated rings. The lowest BCUT2D eigenvalue weighted by atomic mass is 9.89. The zero-order valence-electron chi connectivity index (χ0n) is 23.2. The Labute approximate surface area is 240 Å². The monoisotopic (exact) mass is 543 g/mol. The zero-order valence-corrected chi connectivity index (χ0v) is 23.2. The van der Waals surface area contributed by atoms with Crippen molar-refractivity contribution >= 4 is 64.6 Å². The van der Waals surface area contributed by atoms with Crippen LogP contribution in [0.4, 0.5) is 0 Å². The Kier molecular flexibility index (Phi) is 4.59. The van der Waals surface area contributed by atoms with Crippen molar-refractivity contribution in [2.24, 2.45) is 0 Å². The first-order valence-electron chi connectivity index (χ1n) is 14.6. The molecule has 0 aliphatic heterocycles. The van der Waals surface area contributed by atoms with Gasteiger partial charge in [0.05, 0.1) is 10.8 Å². The fourth-order valence-electron chi connectivity index (χ4n) is 7.73. The van der Waals surface area contributed by atoms with E-state index in [0.29, 0.717) is 10.8 Å². The Morgan fingerprint density at radius 3 is 1.40 bits per heavy atom. The minimum Gasteiger partial charge on any atom is -0.271 e. The highest BCUT2D eigenvalue weighted by Gasteiger charge is 2.30. The van der Waals surface area contributed by atoms with Gasteiger partial charge in [-0.3, -0.25) is 24.1 Å². The van der Waals surface area contributed by atoms with Gasteiger partial charge in [-0.25, -0.2) is 0 Å². The van der Waals surface area contributed by atoms with E-state index in [0.717, 1.165) is 72.8 Å². The summed E-state index contributed by atoms with van der Waals surface area (Å²) in [5.41, 5.74) is 3.80. The lowest BCUT2D eigenvalue weighted by molar-refractivity contribution is 0.455. The Hall–Kier alpha value is -5.16. The van der Waals surface area contributed by atoms with Gasteiger partial charge < -0.3 is 0 Å². The number of pyridine rings is 2. The first-order chi connectivity index (χ1) is 20.6. The summed E-state index contributed by atoms with van der Waals surface area (Å²) in [7, 11) is 0. The summed E-state index contributed by atoms with van der Waals surface area (Å²) in [6, 6.07) is 21.0. The van der Waals surface area contributed by atoms with Crippen molar-refractivity contribution in [3.8, 4) is 22.3 Å². The van der Waals surface area contributed by atoms with Crippen LogP contribution in [0.5, 0.6) is 0 Å². The summed E-state index contributed by atoms with van der Waals surface area (Å²) in [5, 5.41) is 12.0. The molecule has 9 aromatic rings. The molecule has 0 aliphatic rings. The minimum atomic E-state index is -0.181. The van der Waals surface area contributed by atoms with Crippen molar-refractivity contribution < 1.29 is 0 Å². The van der Waals surface area contributed by atoms with Gasteiger partial charge in [-0.05, 0) is 125 Å². The minimum absolute atomic E-state index is 0.145. The maximum Gasteiger partial charge on any atom is 0.262 e. The highest BCUT2D eigenvalue weighted by molar-refractivity contribution is 6.49. The van der Waals surface area contributed by atoms with Gasteiger partial charge in [-0.15, -0.1) is 0 Å². The first kappa shape index (κ1) is 23.5. The van der Waals surface area contributed by atoms with Crippen LogP contribution in [0.15, 0.2) is 95.0 Å². The van der Waals surface area contributed by atoms with E-state index in [4.69, 9.17) is 0 Å². The average Bonchev–Trinajstić information content (AvgIpc) is 3.53. The van der Waals surface area contributed by atoms with Crippen LogP contribution in [0.2, 0.25) is 0 Å². The molecule has 6 aromatic carbocycles. The van der Waals surface area contributed by atoms with Crippen LogP contribution in [0, 0.1) is 0 Å². The molecule has 0 saturated heterocycles. The van der Waals surface area contributed by atoms with Gasteiger partial charge in [0.1, 0.15) is 0 Å². The Morgan fingerprint density at radius 2 is 0.976 bits per heavy atom. The molecule has 42 heavy (non-hydrogen) atoms. The number of aromatic nitrogens is 3. The number of rotatable bonds is 5. The molecule has 0 atom stereocenters. The predicted molar refractivity (Wildman–Crippen MR) is 173 cm³/mol.